The number of hydrogen-bond donors (Lipinski definition) is 6. The minimum Gasteiger partial charge on any atom is -0.480 e. The Labute approximate surface area is 614 Å². The maximum absolute atomic E-state index is 16.9. The molecule has 2 bridgehead atoms. The summed E-state index contributed by atoms with van der Waals surface area (Å²) in [5.41, 5.74) is -7.40. The van der Waals surface area contributed by atoms with Crippen LogP contribution < -0.4 is 25.5 Å². The van der Waals surface area contributed by atoms with Crippen molar-refractivity contribution in [2.45, 2.75) is 168 Å². The third kappa shape index (κ3) is 20.9. The number of carboxylic acids is 1. The molecule has 3 aromatic carbocycles. The number of ether oxygens (including phenoxy) is 4. The van der Waals surface area contributed by atoms with Crippen molar-refractivity contribution in [2.75, 3.05) is 52.0 Å². The second-order valence-electron chi connectivity index (χ2n) is 28.6. The molecule has 588 valence electrons. The molecule has 0 aliphatic carbocycles. The fraction of sp³-hybridized carbons (Fsp3) is 0.521. The number of aliphatic carboxylic acids is 1. The summed E-state index contributed by atoms with van der Waals surface area (Å²) in [4.78, 5) is 131. The van der Waals surface area contributed by atoms with Gasteiger partial charge in [-0.2, -0.15) is 40.2 Å². The second-order valence-corrected chi connectivity index (χ2v) is 29.8. The first-order valence-electron chi connectivity index (χ1n) is 33.9. The molecule has 26 nitrogen and oxygen atoms in total. The molecule has 108 heavy (non-hydrogen) atoms. The van der Waals surface area contributed by atoms with E-state index in [-0.39, 0.29) is 26.9 Å². The molecule has 5 aromatic rings. The Morgan fingerprint density at radius 1 is 0.787 bits per heavy atom. The number of carbonyl (C=O) groups excluding carboxylic acids is 6. The van der Waals surface area contributed by atoms with Gasteiger partial charge >= 0.3 is 50.7 Å². The Morgan fingerprint density at radius 2 is 1.39 bits per heavy atom. The van der Waals surface area contributed by atoms with Gasteiger partial charge in [0.1, 0.15) is 35.6 Å². The molecule has 7 atom stereocenters. The van der Waals surface area contributed by atoms with E-state index in [9.17, 15) is 52.2 Å². The number of phosphoric ester groups is 1. The molecule has 2 aromatic heterocycles. The number of benzene rings is 3. The van der Waals surface area contributed by atoms with Gasteiger partial charge in [0.05, 0.1) is 87.3 Å². The van der Waals surface area contributed by atoms with Crippen LogP contribution in [0.25, 0.3) is 11.3 Å². The number of phosphoric acid groups is 1. The zero-order chi connectivity index (χ0) is 79.9. The Balaban J connectivity index is 1.27. The molecule has 3 saturated heterocycles. The first-order chi connectivity index (χ1) is 50.3. The number of fused-ring (bicyclic) bond motifs is 2. The molecule has 6 N–H and O–H groups in total. The molecule has 2 unspecified atom stereocenters. The van der Waals surface area contributed by atoms with E-state index in [1.54, 1.807) is 0 Å². The standard InChI is InChI=1S/C71H83F10N10O16P/c1-38-21-45(27-57(93)84-39(2)63(97)98)60(55(22-38)107-108(100,101)102)67(3,4)29-59(95)106-56(35-89(87-62(96)50(28-58(94)103-9)68(5,6)70(76,77)78)34-49-51(72)24-43(25-52(49)73)53-19-20-90(86-53)64(74)75)44(26-54(92)61(85-66(99)104-10)69(7,8)71(79,80)81)23-41-14-11-40(12-15-41)13-16-42-30-82-65(83-31-42)88-32-46-17-18-47(33-88)91(46)48-36-105-37-48/h11-12,14-15,19-22,24-25,30-31,39,44,46-48,50,56,61,64H,17-18,23,26-29,32-37H2,1-10H3,(H,84,93)(H,85,99)(H,87,96)(H,97,98)(H2,100,101,102)/t39-,44+,46?,47?,50+,56-,61+/m0/s1. The van der Waals surface area contributed by atoms with Crippen LogP contribution in [0.3, 0.4) is 0 Å². The second kappa shape index (κ2) is 34.1. The van der Waals surface area contributed by atoms with Gasteiger partial charge in [-0.15, -0.1) is 0 Å². The molecule has 0 saturated carbocycles. The van der Waals surface area contributed by atoms with Gasteiger partial charge in [0.2, 0.25) is 17.8 Å². The maximum Gasteiger partial charge on any atom is 0.524 e. The summed E-state index contributed by atoms with van der Waals surface area (Å²) in [6, 6.07) is 7.36. The van der Waals surface area contributed by atoms with Crippen molar-refractivity contribution in [3.05, 3.63) is 124 Å². The number of piperazine rings is 1. The van der Waals surface area contributed by atoms with Gasteiger partial charge in [0.25, 0.3) is 0 Å². The van der Waals surface area contributed by atoms with Crippen molar-refractivity contribution in [3.63, 3.8) is 0 Å². The number of anilines is 1. The number of esters is 2. The quantitative estimate of drug-likeness (QED) is 0.00600. The highest BCUT2D eigenvalue weighted by molar-refractivity contribution is 7.46. The van der Waals surface area contributed by atoms with Gasteiger partial charge < -0.3 is 44.1 Å². The molecule has 3 aliphatic heterocycles. The van der Waals surface area contributed by atoms with Gasteiger partial charge in [-0.05, 0) is 100 Å². The predicted molar refractivity (Wildman–Crippen MR) is 364 cm³/mol. The Hall–Kier alpha value is -9.27. The number of aromatic nitrogens is 4. The van der Waals surface area contributed by atoms with Crippen LogP contribution in [0.1, 0.15) is 126 Å². The highest BCUT2D eigenvalue weighted by atomic mass is 31.2. The summed E-state index contributed by atoms with van der Waals surface area (Å²) in [7, 11) is -4.00. The SMILES string of the molecule is COC(=O)C[C@H](C(=O)NN(Cc1c(F)cc(-c2ccn(C(F)F)n2)cc1F)C[C@H](OC(=O)CC(C)(C)c1c(CC(=O)N[C@@H](C)C(=O)O)cc(C)cc1OP(=O)(O)O)[C@@H](CC(=O)[C@@H](NC(=O)OC)C(C)(C)C(F)(F)F)Cc1ccc(C#Cc2cnc(N3CC4CCC(C3)N4C3COC3)nc2)cc1)C(C)(C)C(F)(F)F. The van der Waals surface area contributed by atoms with Crippen LogP contribution in [-0.4, -0.2) is 182 Å². The number of nitrogens with one attached hydrogen (secondary N) is 3. The lowest BCUT2D eigenvalue weighted by Gasteiger charge is -2.47. The van der Waals surface area contributed by atoms with E-state index < -0.39 is 194 Å². The van der Waals surface area contributed by atoms with E-state index in [2.05, 4.69) is 56.9 Å². The lowest BCUT2D eigenvalue weighted by atomic mass is 9.75. The Bertz CT molecular complexity index is 4200. The molecule has 3 amide bonds. The number of rotatable bonds is 31. The van der Waals surface area contributed by atoms with Crippen molar-refractivity contribution in [2.24, 2.45) is 22.7 Å². The van der Waals surface area contributed by atoms with E-state index in [4.69, 9.17) is 14.0 Å². The topological polar surface area (TPSA) is 333 Å². The average Bonchev–Trinajstić information content (AvgIpc) is 1.09. The summed E-state index contributed by atoms with van der Waals surface area (Å²) in [6.07, 6.45) is -13.4. The van der Waals surface area contributed by atoms with E-state index >= 15 is 44.7 Å². The minimum atomic E-state index is -5.57. The van der Waals surface area contributed by atoms with Crippen LogP contribution in [0.5, 0.6) is 5.75 Å². The van der Waals surface area contributed by atoms with Gasteiger partial charge in [-0.1, -0.05) is 57.7 Å². The molecule has 0 radical (unpaired) electrons. The van der Waals surface area contributed by atoms with Gasteiger partial charge in [0, 0.05) is 90.3 Å². The highest BCUT2D eigenvalue weighted by Crippen LogP contribution is 2.48. The van der Waals surface area contributed by atoms with E-state index in [0.717, 1.165) is 52.3 Å². The van der Waals surface area contributed by atoms with Crippen molar-refractivity contribution in [1.82, 2.24) is 45.7 Å². The molecule has 3 aliphatic rings. The number of alkyl halides is 8. The number of Topliss-reactive ketones (excluding diaryl/α,β-unsaturated/α-hetero) is 1. The van der Waals surface area contributed by atoms with E-state index in [0.29, 0.717) is 106 Å². The van der Waals surface area contributed by atoms with Crippen LogP contribution in [0.2, 0.25) is 0 Å². The fourth-order valence-corrected chi connectivity index (χ4v) is 13.7. The summed E-state index contributed by atoms with van der Waals surface area (Å²) >= 11 is 0. The van der Waals surface area contributed by atoms with Crippen LogP contribution in [-0.2, 0) is 77.1 Å². The smallest absolute Gasteiger partial charge is 0.480 e. The number of carbonyl (C=O) groups is 7. The number of alkyl carbamates (subject to hydrolysis) is 1. The Morgan fingerprint density at radius 3 is 1.92 bits per heavy atom. The van der Waals surface area contributed by atoms with Crippen LogP contribution in [0.4, 0.5) is 54.6 Å². The number of ketones is 1. The fourth-order valence-electron chi connectivity index (χ4n) is 13.3. The van der Waals surface area contributed by atoms with Crippen LogP contribution in [0.15, 0.2) is 73.2 Å². The highest BCUT2D eigenvalue weighted by Gasteiger charge is 2.57. The first kappa shape index (κ1) is 84.4. The first-order valence-corrected chi connectivity index (χ1v) is 35.4. The summed E-state index contributed by atoms with van der Waals surface area (Å²) in [6.45, 7) is 4.27. The van der Waals surface area contributed by atoms with Crippen molar-refractivity contribution < 1.29 is 120 Å². The number of aryl methyl sites for hydroxylation is 1. The zero-order valence-corrected chi connectivity index (χ0v) is 61.2. The van der Waals surface area contributed by atoms with Crippen LogP contribution in [0, 0.1) is 53.1 Å². The third-order valence-electron chi connectivity index (χ3n) is 19.5. The van der Waals surface area contributed by atoms with Crippen molar-refractivity contribution in [1.29, 1.82) is 0 Å². The van der Waals surface area contributed by atoms with E-state index in [1.807, 2.05) is 5.32 Å². The number of halogens is 10. The minimum absolute atomic E-state index is 0.122. The van der Waals surface area contributed by atoms with Crippen molar-refractivity contribution in [3.8, 4) is 28.8 Å². The number of hydrogen-bond acceptors (Lipinski definition) is 19. The number of nitrogens with zero attached hydrogens (tertiary/aromatic N) is 7. The molecule has 8 rings (SSSR count). The monoisotopic (exact) mass is 1550 g/mol. The van der Waals surface area contributed by atoms with E-state index in [1.165, 1.54) is 63.5 Å². The van der Waals surface area contributed by atoms with Gasteiger partial charge in [-0.3, -0.25) is 48.9 Å². The predicted octanol–water partition coefficient (Wildman–Crippen LogP) is 9.39. The lowest BCUT2D eigenvalue weighted by Crippen LogP contribution is -2.62. The number of carboxylic acid groups (broad SMARTS) is 1. The molecular weight excluding hydrogens is 1470 g/mol. The number of amides is 3. The maximum atomic E-state index is 16.9. The van der Waals surface area contributed by atoms with Gasteiger partial charge in [0.15, 0.2) is 5.78 Å². The summed E-state index contributed by atoms with van der Waals surface area (Å²) < 4.78 is 191. The molecule has 37 heteroatoms. The lowest BCUT2D eigenvalue weighted by molar-refractivity contribution is -0.231. The van der Waals surface area contributed by atoms with Crippen LogP contribution >= 0.6 is 7.82 Å². The molecule has 3 fully saturated rings. The summed E-state index contributed by atoms with van der Waals surface area (Å²) in [5.74, 6) is -10.0. The normalized spacial score (nSPS) is 17.3. The number of hydrazine groups is 1. The van der Waals surface area contributed by atoms with Crippen molar-refractivity contribution >= 4 is 55.4 Å². The van der Waals surface area contributed by atoms with Gasteiger partial charge in [-0.25, -0.2) is 37.8 Å². The Kier molecular flexibility index (Phi) is 26.6. The largest absolute Gasteiger partial charge is 0.524 e. The third-order valence-corrected chi connectivity index (χ3v) is 19.9. The average molecular weight is 1550 g/mol. The molecule has 5 heterocycles. The number of methoxy groups -OCH3 is 2. The molecular formula is C71H83F10N10O16P. The zero-order valence-electron chi connectivity index (χ0n) is 60.3. The summed E-state index contributed by atoms with van der Waals surface area (Å²) in [5, 5.41) is 17.9. The molecule has 0 spiro atoms.